The van der Waals surface area contributed by atoms with Gasteiger partial charge >= 0.3 is 0 Å². The fourth-order valence-electron chi connectivity index (χ4n) is 8.53. The Hall–Kier alpha value is -8.46. The zero-order valence-electron chi connectivity index (χ0n) is 40.8. The summed E-state index contributed by atoms with van der Waals surface area (Å²) in [6.45, 7) is 9.58. The van der Waals surface area contributed by atoms with Crippen molar-refractivity contribution in [1.29, 1.82) is 0 Å². The second kappa shape index (κ2) is 21.9. The number of anilines is 1. The Kier molecular flexibility index (Phi) is 15.5. The van der Waals surface area contributed by atoms with E-state index in [1.54, 1.807) is 42.5 Å². The number of hydrogen-bond acceptors (Lipinski definition) is 13. The largest absolute Gasteiger partial charge is 0.495 e. The average Bonchev–Trinajstić information content (AvgIpc) is 4.19. The molecule has 5 N–H and O–H groups in total. The van der Waals surface area contributed by atoms with Gasteiger partial charge in [-0.05, 0) is 89.7 Å². The molecule has 7 aromatic rings. The minimum absolute atomic E-state index is 0.0290. The Morgan fingerprint density at radius 2 is 1.52 bits per heavy atom. The third-order valence-electron chi connectivity index (χ3n) is 11.9. The molecule has 1 aliphatic rings. The molecule has 370 valence electrons. The van der Waals surface area contributed by atoms with E-state index < -0.39 is 23.6 Å². The fourth-order valence-corrected chi connectivity index (χ4v) is 8.53. The summed E-state index contributed by atoms with van der Waals surface area (Å²) in [7, 11) is 4.68. The summed E-state index contributed by atoms with van der Waals surface area (Å²) in [4.78, 5) is 87.9. The maximum atomic E-state index is 13.9. The molecule has 0 unspecified atom stereocenters. The van der Waals surface area contributed by atoms with Crippen molar-refractivity contribution in [1.82, 2.24) is 48.5 Å². The van der Waals surface area contributed by atoms with Crippen LogP contribution in [0.25, 0.3) is 44.4 Å². The molecule has 21 heteroatoms. The van der Waals surface area contributed by atoms with E-state index in [0.717, 1.165) is 44.6 Å². The third-order valence-corrected chi connectivity index (χ3v) is 11.9. The van der Waals surface area contributed by atoms with Gasteiger partial charge in [-0.3, -0.25) is 48.3 Å². The molecular weight excluding hydrogens is 911 g/mol. The minimum Gasteiger partial charge on any atom is -0.495 e. The summed E-state index contributed by atoms with van der Waals surface area (Å²) in [6, 6.07) is 14.2. The number of rotatable bonds is 20. The minimum atomic E-state index is -0.715. The number of benzene rings is 2. The molecule has 8 rings (SSSR count). The van der Waals surface area contributed by atoms with Gasteiger partial charge in [-0.25, -0.2) is 9.97 Å². The highest BCUT2D eigenvalue weighted by Gasteiger charge is 2.26. The number of pyridine rings is 1. The van der Waals surface area contributed by atoms with Crippen LogP contribution in [0.5, 0.6) is 11.5 Å². The van der Waals surface area contributed by atoms with Gasteiger partial charge in [-0.2, -0.15) is 10.2 Å². The molecular formula is C50H57N13O8. The Balaban J connectivity index is 0.00000366. The summed E-state index contributed by atoms with van der Waals surface area (Å²) in [5.41, 5.74) is 16.5. The van der Waals surface area contributed by atoms with E-state index in [-0.39, 0.29) is 55.8 Å². The first kappa shape index (κ1) is 50.4. The number of imide groups is 1. The molecule has 0 fully saturated rings. The first-order chi connectivity index (χ1) is 34.2. The fraction of sp³-hybridized carbons (Fsp3) is 0.320. The monoisotopic (exact) mass is 967 g/mol. The van der Waals surface area contributed by atoms with Crippen LogP contribution < -0.4 is 26.3 Å². The molecule has 0 atom stereocenters. The van der Waals surface area contributed by atoms with Crippen molar-refractivity contribution in [3.8, 4) is 22.9 Å². The zero-order valence-corrected chi connectivity index (χ0v) is 40.8. The number of primary amides is 1. The summed E-state index contributed by atoms with van der Waals surface area (Å²) in [5.74, 6) is -1.40. The number of aryl methyl sites for hydroxylation is 4. The van der Waals surface area contributed by atoms with Crippen molar-refractivity contribution < 1.29 is 38.2 Å². The number of hydrogen-bond donors (Lipinski definition) is 3. The quantitative estimate of drug-likeness (QED) is 0.0402. The molecule has 0 spiro atoms. The number of carbonyl (C=O) groups excluding carboxylic acids is 6. The summed E-state index contributed by atoms with van der Waals surface area (Å²) >= 11 is 0. The van der Waals surface area contributed by atoms with E-state index in [1.165, 1.54) is 36.2 Å². The van der Waals surface area contributed by atoms with Crippen LogP contribution in [-0.4, -0.2) is 125 Å². The number of nitrogens with two attached hydrogens (primary N) is 2. The first-order valence-corrected chi connectivity index (χ1v) is 23.1. The second-order valence-corrected chi connectivity index (χ2v) is 16.5. The Morgan fingerprint density at radius 1 is 0.831 bits per heavy atom. The number of fused-ring (bicyclic) bond motifs is 4. The van der Waals surface area contributed by atoms with E-state index in [2.05, 4.69) is 21.2 Å². The van der Waals surface area contributed by atoms with Gasteiger partial charge in [0, 0.05) is 86.8 Å². The number of nitrogens with one attached hydrogen (secondary N) is 1. The second-order valence-electron chi connectivity index (χ2n) is 16.5. The molecule has 6 heterocycles. The van der Waals surface area contributed by atoms with Crippen molar-refractivity contribution in [2.45, 2.75) is 66.7 Å². The van der Waals surface area contributed by atoms with Crippen molar-refractivity contribution in [2.24, 2.45) is 11.5 Å². The van der Waals surface area contributed by atoms with E-state index >= 15 is 0 Å². The number of methoxy groups -OCH3 is 1. The highest BCUT2D eigenvalue weighted by Crippen LogP contribution is 2.37. The Morgan fingerprint density at radius 3 is 2.20 bits per heavy atom. The lowest BCUT2D eigenvalue weighted by Crippen LogP contribution is -2.36. The Bertz CT molecular complexity index is 3250. The molecule has 0 aliphatic carbocycles. The molecule has 2 aromatic carbocycles. The smallest absolute Gasteiger partial charge is 0.276 e. The van der Waals surface area contributed by atoms with Gasteiger partial charge in [0.25, 0.3) is 17.7 Å². The molecule has 71 heavy (non-hydrogen) atoms. The van der Waals surface area contributed by atoms with Gasteiger partial charge in [0.05, 0.1) is 47.5 Å². The molecule has 0 bridgehead atoms. The zero-order chi connectivity index (χ0) is 51.1. The van der Waals surface area contributed by atoms with Gasteiger partial charge < -0.3 is 35.0 Å². The number of allylic oxidation sites excluding steroid dienone is 2. The number of imidazole rings is 1. The van der Waals surface area contributed by atoms with E-state index in [1.807, 2.05) is 66.4 Å². The molecule has 21 nitrogen and oxygen atoms in total. The molecule has 0 saturated carbocycles. The third kappa shape index (κ3) is 10.4. The average molecular weight is 968 g/mol. The number of aromatic nitrogens is 8. The molecule has 5 aromatic heterocycles. The van der Waals surface area contributed by atoms with E-state index in [4.69, 9.17) is 25.2 Å². The Labute approximate surface area is 408 Å². The number of aldehydes is 1. The maximum Gasteiger partial charge on any atom is 0.276 e. The highest BCUT2D eigenvalue weighted by molar-refractivity contribution is 6.13. The van der Waals surface area contributed by atoms with Crippen LogP contribution in [0.15, 0.2) is 72.8 Å². The van der Waals surface area contributed by atoms with Gasteiger partial charge in [0.15, 0.2) is 0 Å². The summed E-state index contributed by atoms with van der Waals surface area (Å²) < 4.78 is 19.5. The van der Waals surface area contributed by atoms with Gasteiger partial charge in [0.1, 0.15) is 34.6 Å². The standard InChI is InChI=1S/C49H52N12O8.CH5N/c1-7-60-37(22-29(3)54-60)35-13-12-33-34-24-31(28-62)25-39(68-6)44(34)58(47(33)51-35)18-9-10-19-59-45-36(52-49(59)53-48(67)38-23-30(4)55-61(38)8-2)26-32(46(50)66)27-40(45)69-21-11-17-56(5)41(63)16-20-57-42(64)14-15-43(57)65;1-2/h9-10,12-15,22-28H,7-8,11,16-21H2,1-6H3,(H2,50,66)(H,52,53,67);2H2,1H3/b10-9+;. The number of carbonyl (C=O) groups is 6. The number of amides is 5. The van der Waals surface area contributed by atoms with E-state index in [9.17, 15) is 28.8 Å². The molecule has 0 radical (unpaired) electrons. The van der Waals surface area contributed by atoms with E-state index in [0.29, 0.717) is 65.4 Å². The first-order valence-electron chi connectivity index (χ1n) is 23.1. The van der Waals surface area contributed by atoms with Crippen LogP contribution in [0, 0.1) is 13.8 Å². The van der Waals surface area contributed by atoms with Crippen molar-refractivity contribution in [2.75, 3.05) is 46.2 Å². The lowest BCUT2D eigenvalue weighted by Gasteiger charge is -2.19. The SMILES string of the molecule is CCn1nc(C)cc1C(=O)Nc1nc2cc(C(N)=O)cc(OCCCN(C)C(=O)CCN3C(=O)C=CC3=O)c2n1C/C=C/Cn1c2nc(-c3cc(C)nn3CC)ccc2c2cc(C=O)cc(OC)c21.CN. The molecule has 5 amide bonds. The van der Waals surface area contributed by atoms with Gasteiger partial charge in [0.2, 0.25) is 17.8 Å². The number of ether oxygens (including phenoxy) is 2. The normalized spacial score (nSPS) is 12.4. The van der Waals surface area contributed by atoms with Crippen LogP contribution in [0.2, 0.25) is 0 Å². The lowest BCUT2D eigenvalue weighted by atomic mass is 10.1. The van der Waals surface area contributed by atoms with Crippen molar-refractivity contribution in [3.05, 3.63) is 101 Å². The van der Waals surface area contributed by atoms with Crippen LogP contribution in [0.4, 0.5) is 5.95 Å². The van der Waals surface area contributed by atoms with Gasteiger partial charge in [-0.1, -0.05) is 12.2 Å². The summed E-state index contributed by atoms with van der Waals surface area (Å²) in [6.07, 6.45) is 7.33. The topological polar surface area (TPSA) is 263 Å². The maximum absolute atomic E-state index is 13.9. The van der Waals surface area contributed by atoms with Crippen LogP contribution >= 0.6 is 0 Å². The van der Waals surface area contributed by atoms with Crippen LogP contribution in [-0.2, 0) is 40.6 Å². The predicted octanol–water partition coefficient (Wildman–Crippen LogP) is 4.80. The highest BCUT2D eigenvalue weighted by atomic mass is 16.5. The molecule has 0 saturated heterocycles. The number of nitrogens with zero attached hydrogens (tertiary/aromatic N) is 10. The van der Waals surface area contributed by atoms with Crippen molar-refractivity contribution >= 4 is 74.7 Å². The van der Waals surface area contributed by atoms with Gasteiger partial charge in [-0.15, -0.1) is 0 Å². The van der Waals surface area contributed by atoms with Crippen LogP contribution in [0.1, 0.15) is 69.3 Å². The lowest BCUT2D eigenvalue weighted by molar-refractivity contribution is -0.138. The predicted molar refractivity (Wildman–Crippen MR) is 267 cm³/mol. The van der Waals surface area contributed by atoms with Crippen molar-refractivity contribution in [3.63, 3.8) is 0 Å². The summed E-state index contributed by atoms with van der Waals surface area (Å²) in [5, 5.41) is 13.6. The van der Waals surface area contributed by atoms with Crippen LogP contribution in [0.3, 0.4) is 0 Å². The molecule has 1 aliphatic heterocycles.